The molecule has 0 aliphatic carbocycles. The normalized spacial score (nSPS) is 10.4. The Morgan fingerprint density at radius 1 is 1.25 bits per heavy atom. The molecule has 0 atom stereocenters. The summed E-state index contributed by atoms with van der Waals surface area (Å²) in [6, 6.07) is 3.21. The molecule has 24 heavy (non-hydrogen) atoms. The molecule has 0 saturated carbocycles. The van der Waals surface area contributed by atoms with Crippen molar-refractivity contribution in [1.82, 2.24) is 9.88 Å². The summed E-state index contributed by atoms with van der Waals surface area (Å²) in [7, 11) is 0. The second-order valence-corrected chi connectivity index (χ2v) is 5.12. The molecule has 2 aromatic rings. The lowest BCUT2D eigenvalue weighted by Gasteiger charge is -2.18. The summed E-state index contributed by atoms with van der Waals surface area (Å²) in [5.41, 5.74) is 0.126. The van der Waals surface area contributed by atoms with Crippen molar-refractivity contribution in [2.45, 2.75) is 12.8 Å². The molecule has 0 N–H and O–H groups in total. The molecular weight excluding hydrogens is 314 g/mol. The van der Waals surface area contributed by atoms with E-state index in [9.17, 15) is 13.6 Å². The highest BCUT2D eigenvalue weighted by molar-refractivity contribution is 5.76. The molecule has 0 radical (unpaired) electrons. The summed E-state index contributed by atoms with van der Waals surface area (Å²) in [6.45, 7) is 8.09. The van der Waals surface area contributed by atoms with Crippen LogP contribution in [0.5, 0.6) is 0 Å². The number of amides is 1. The fourth-order valence-electron chi connectivity index (χ4n) is 2.20. The van der Waals surface area contributed by atoms with Crippen LogP contribution in [0, 0.1) is 11.6 Å². The van der Waals surface area contributed by atoms with E-state index in [4.69, 9.17) is 4.42 Å². The summed E-state index contributed by atoms with van der Waals surface area (Å²) in [4.78, 5) is 17.8. The van der Waals surface area contributed by atoms with Crippen LogP contribution in [0.4, 0.5) is 8.78 Å². The smallest absolute Gasteiger partial charge is 0.223 e. The van der Waals surface area contributed by atoms with E-state index in [0.29, 0.717) is 19.0 Å². The van der Waals surface area contributed by atoms with Gasteiger partial charge in [0.2, 0.25) is 5.91 Å². The molecule has 4 nitrogen and oxygen atoms in total. The number of aryl methyl sites for hydroxylation is 1. The number of rotatable bonds is 8. The van der Waals surface area contributed by atoms with Gasteiger partial charge in [0.1, 0.15) is 11.6 Å². The molecule has 0 saturated heterocycles. The molecule has 6 heteroatoms. The van der Waals surface area contributed by atoms with Crippen LogP contribution in [0.15, 0.2) is 54.1 Å². The maximum Gasteiger partial charge on any atom is 0.223 e. The first-order valence-corrected chi connectivity index (χ1v) is 7.45. The van der Waals surface area contributed by atoms with Gasteiger partial charge < -0.3 is 9.32 Å². The number of benzene rings is 1. The molecule has 0 bridgehead atoms. The van der Waals surface area contributed by atoms with Crippen LogP contribution < -0.4 is 0 Å². The average molecular weight is 332 g/mol. The minimum Gasteiger partial charge on any atom is -0.441 e. The number of hydrogen-bond acceptors (Lipinski definition) is 3. The Kier molecular flexibility index (Phi) is 6.01. The lowest BCUT2D eigenvalue weighted by atomic mass is 10.2. The first-order chi connectivity index (χ1) is 11.5. The number of aromatic nitrogens is 1. The zero-order chi connectivity index (χ0) is 17.5. The van der Waals surface area contributed by atoms with Gasteiger partial charge in [0.25, 0.3) is 0 Å². The molecule has 1 heterocycles. The number of hydrogen-bond donors (Lipinski definition) is 0. The monoisotopic (exact) mass is 332 g/mol. The lowest BCUT2D eigenvalue weighted by Crippen LogP contribution is -2.31. The molecular formula is C18H18F2N2O2. The van der Waals surface area contributed by atoms with Gasteiger partial charge in [0.15, 0.2) is 11.7 Å². The first-order valence-electron chi connectivity index (χ1n) is 7.45. The largest absolute Gasteiger partial charge is 0.441 e. The van der Waals surface area contributed by atoms with E-state index in [1.165, 1.54) is 12.3 Å². The predicted octanol–water partition coefficient (Wildman–Crippen LogP) is 3.75. The lowest BCUT2D eigenvalue weighted by molar-refractivity contribution is -0.130. The Labute approximate surface area is 139 Å². The maximum absolute atomic E-state index is 13.7. The third kappa shape index (κ3) is 4.38. The standard InChI is InChI=1S/C18H18F2N2O2/c1-3-9-22(10-4-2)18(23)8-7-17-21-12-16(24-17)14-6-5-13(19)11-15(14)20/h3-6,11-12H,1-2,7-10H2. The van der Waals surface area contributed by atoms with Crippen LogP contribution in [0.1, 0.15) is 12.3 Å². The highest BCUT2D eigenvalue weighted by Gasteiger charge is 2.15. The average Bonchev–Trinajstić information content (AvgIpc) is 3.01. The molecule has 2 rings (SSSR count). The van der Waals surface area contributed by atoms with Crippen LogP contribution in [0.3, 0.4) is 0 Å². The second-order valence-electron chi connectivity index (χ2n) is 5.12. The van der Waals surface area contributed by atoms with Crippen molar-refractivity contribution in [3.05, 3.63) is 67.2 Å². The van der Waals surface area contributed by atoms with E-state index < -0.39 is 11.6 Å². The predicted molar refractivity (Wildman–Crippen MR) is 87.2 cm³/mol. The van der Waals surface area contributed by atoms with Crippen LogP contribution in [-0.2, 0) is 11.2 Å². The van der Waals surface area contributed by atoms with E-state index in [1.807, 2.05) is 0 Å². The number of carbonyl (C=O) groups excluding carboxylic acids is 1. The van der Waals surface area contributed by atoms with Crippen molar-refractivity contribution >= 4 is 5.91 Å². The SMILES string of the molecule is C=CCN(CC=C)C(=O)CCc1ncc(-c2ccc(F)cc2F)o1. The van der Waals surface area contributed by atoms with Crippen molar-refractivity contribution in [2.75, 3.05) is 13.1 Å². The van der Waals surface area contributed by atoms with Crippen LogP contribution in [0.25, 0.3) is 11.3 Å². The quantitative estimate of drug-likeness (QED) is 0.692. The van der Waals surface area contributed by atoms with Gasteiger partial charge in [-0.2, -0.15) is 0 Å². The van der Waals surface area contributed by atoms with E-state index in [-0.39, 0.29) is 30.1 Å². The Morgan fingerprint density at radius 3 is 2.58 bits per heavy atom. The topological polar surface area (TPSA) is 46.3 Å². The summed E-state index contributed by atoms with van der Waals surface area (Å²) >= 11 is 0. The number of carbonyl (C=O) groups is 1. The Balaban J connectivity index is 2.02. The van der Waals surface area contributed by atoms with Crippen LogP contribution in [0.2, 0.25) is 0 Å². The van der Waals surface area contributed by atoms with Gasteiger partial charge in [-0.15, -0.1) is 13.2 Å². The summed E-state index contributed by atoms with van der Waals surface area (Å²) < 4.78 is 32.1. The van der Waals surface area contributed by atoms with Gasteiger partial charge in [-0.1, -0.05) is 12.2 Å². The van der Waals surface area contributed by atoms with Crippen molar-refractivity contribution in [3.8, 4) is 11.3 Å². The zero-order valence-corrected chi connectivity index (χ0v) is 13.2. The highest BCUT2D eigenvalue weighted by atomic mass is 19.1. The van der Waals surface area contributed by atoms with Gasteiger partial charge in [0, 0.05) is 32.0 Å². The fourth-order valence-corrected chi connectivity index (χ4v) is 2.20. The minimum atomic E-state index is -0.725. The van der Waals surface area contributed by atoms with Crippen LogP contribution >= 0.6 is 0 Å². The summed E-state index contributed by atoms with van der Waals surface area (Å²) in [6.07, 6.45) is 5.13. The third-order valence-electron chi connectivity index (χ3n) is 3.35. The fraction of sp³-hybridized carbons (Fsp3) is 0.222. The van der Waals surface area contributed by atoms with Crippen molar-refractivity contribution in [3.63, 3.8) is 0 Å². The number of halogens is 2. The molecule has 126 valence electrons. The third-order valence-corrected chi connectivity index (χ3v) is 3.35. The Morgan fingerprint density at radius 2 is 1.96 bits per heavy atom. The molecule has 1 amide bonds. The zero-order valence-electron chi connectivity index (χ0n) is 13.2. The van der Waals surface area contributed by atoms with Gasteiger partial charge in [-0.25, -0.2) is 13.8 Å². The Bertz CT molecular complexity index is 730. The first kappa shape index (κ1) is 17.6. The minimum absolute atomic E-state index is 0.0810. The van der Waals surface area contributed by atoms with Crippen molar-refractivity contribution in [1.29, 1.82) is 0 Å². The molecule has 0 aliphatic heterocycles. The molecule has 0 unspecified atom stereocenters. The second kappa shape index (κ2) is 8.19. The number of oxazole rings is 1. The van der Waals surface area contributed by atoms with Crippen molar-refractivity contribution in [2.24, 2.45) is 0 Å². The van der Waals surface area contributed by atoms with Gasteiger partial charge in [-0.3, -0.25) is 4.79 Å². The van der Waals surface area contributed by atoms with Gasteiger partial charge >= 0.3 is 0 Å². The summed E-state index contributed by atoms with van der Waals surface area (Å²) in [5, 5.41) is 0. The van der Waals surface area contributed by atoms with Crippen LogP contribution in [-0.4, -0.2) is 28.9 Å². The highest BCUT2D eigenvalue weighted by Crippen LogP contribution is 2.24. The molecule has 0 spiro atoms. The molecule has 1 aromatic heterocycles. The maximum atomic E-state index is 13.7. The molecule has 1 aromatic carbocycles. The van der Waals surface area contributed by atoms with Gasteiger partial charge in [-0.05, 0) is 12.1 Å². The van der Waals surface area contributed by atoms with E-state index >= 15 is 0 Å². The summed E-state index contributed by atoms with van der Waals surface area (Å²) in [5.74, 6) is -0.950. The van der Waals surface area contributed by atoms with E-state index in [2.05, 4.69) is 18.1 Å². The van der Waals surface area contributed by atoms with E-state index in [0.717, 1.165) is 12.1 Å². The number of nitrogens with zero attached hydrogens (tertiary/aromatic N) is 2. The molecule has 0 aliphatic rings. The molecule has 0 fully saturated rings. The van der Waals surface area contributed by atoms with Crippen molar-refractivity contribution < 1.29 is 18.0 Å². The van der Waals surface area contributed by atoms with E-state index in [1.54, 1.807) is 17.1 Å². The Hall–Kier alpha value is -2.76. The van der Waals surface area contributed by atoms with Gasteiger partial charge in [0.05, 0.1) is 11.8 Å².